The maximum absolute atomic E-state index is 12.3. The van der Waals surface area contributed by atoms with Crippen molar-refractivity contribution in [1.82, 2.24) is 9.97 Å². The van der Waals surface area contributed by atoms with E-state index in [0.717, 1.165) is 17.7 Å². The minimum Gasteiger partial charge on any atom is -0.339 e. The number of amides is 1. The van der Waals surface area contributed by atoms with Crippen molar-refractivity contribution in [2.24, 2.45) is 0 Å². The Morgan fingerprint density at radius 2 is 1.88 bits per heavy atom. The molecular weight excluding hydrogens is 348 g/mol. The molecular formula is C20H19ClN4O. The molecule has 0 aliphatic heterocycles. The molecule has 0 saturated carbocycles. The lowest BCUT2D eigenvalue weighted by Crippen LogP contribution is -2.14. The maximum atomic E-state index is 12.3. The first-order chi connectivity index (χ1) is 12.6. The van der Waals surface area contributed by atoms with Gasteiger partial charge >= 0.3 is 0 Å². The Hall–Kier alpha value is -2.92. The normalized spacial score (nSPS) is 10.4. The molecule has 3 rings (SSSR count). The minimum atomic E-state index is -0.359. The molecule has 0 unspecified atom stereocenters. The third-order valence-corrected chi connectivity index (χ3v) is 4.33. The van der Waals surface area contributed by atoms with Gasteiger partial charge in [0.1, 0.15) is 11.5 Å². The van der Waals surface area contributed by atoms with E-state index in [2.05, 4.69) is 33.6 Å². The van der Waals surface area contributed by atoms with E-state index in [0.29, 0.717) is 16.5 Å². The highest BCUT2D eigenvalue weighted by molar-refractivity contribution is 6.33. The molecule has 1 aromatic heterocycles. The van der Waals surface area contributed by atoms with Crippen LogP contribution in [0.15, 0.2) is 54.9 Å². The van der Waals surface area contributed by atoms with Crippen LogP contribution in [-0.2, 0) is 6.42 Å². The number of nitrogens with one attached hydrogen (secondary N) is 2. The van der Waals surface area contributed by atoms with Crippen molar-refractivity contribution in [2.75, 3.05) is 10.6 Å². The van der Waals surface area contributed by atoms with Gasteiger partial charge < -0.3 is 10.6 Å². The quantitative estimate of drug-likeness (QED) is 0.667. The van der Waals surface area contributed by atoms with Gasteiger partial charge in [0.2, 0.25) is 0 Å². The number of carbonyl (C=O) groups excluding carboxylic acids is 1. The van der Waals surface area contributed by atoms with Crippen LogP contribution in [0.5, 0.6) is 0 Å². The van der Waals surface area contributed by atoms with Crippen molar-refractivity contribution in [2.45, 2.75) is 20.3 Å². The molecule has 26 heavy (non-hydrogen) atoms. The van der Waals surface area contributed by atoms with Crippen LogP contribution in [-0.4, -0.2) is 15.9 Å². The number of rotatable bonds is 5. The van der Waals surface area contributed by atoms with E-state index in [1.807, 2.05) is 19.1 Å². The Morgan fingerprint density at radius 3 is 2.58 bits per heavy atom. The van der Waals surface area contributed by atoms with Crippen molar-refractivity contribution in [3.05, 3.63) is 76.7 Å². The first kappa shape index (κ1) is 17.9. The van der Waals surface area contributed by atoms with Gasteiger partial charge in [0.05, 0.1) is 23.1 Å². The largest absolute Gasteiger partial charge is 0.339 e. The third kappa shape index (κ3) is 4.00. The minimum absolute atomic E-state index is 0.218. The molecule has 0 aliphatic carbocycles. The Kier molecular flexibility index (Phi) is 5.49. The molecule has 0 radical (unpaired) electrons. The van der Waals surface area contributed by atoms with Crippen LogP contribution in [0.4, 0.5) is 17.2 Å². The number of hydrogen-bond donors (Lipinski definition) is 2. The lowest BCUT2D eigenvalue weighted by atomic mass is 10.1. The molecule has 0 bridgehead atoms. The summed E-state index contributed by atoms with van der Waals surface area (Å²) in [5, 5.41) is 6.49. The number of benzene rings is 2. The molecule has 132 valence electrons. The van der Waals surface area contributed by atoms with Crippen LogP contribution in [0.25, 0.3) is 0 Å². The lowest BCUT2D eigenvalue weighted by Gasteiger charge is -2.13. The fourth-order valence-electron chi connectivity index (χ4n) is 2.59. The van der Waals surface area contributed by atoms with Gasteiger partial charge in [0.25, 0.3) is 5.91 Å². The highest BCUT2D eigenvalue weighted by Crippen LogP contribution is 2.24. The topological polar surface area (TPSA) is 66.9 Å². The van der Waals surface area contributed by atoms with Crippen molar-refractivity contribution < 1.29 is 4.79 Å². The van der Waals surface area contributed by atoms with Gasteiger partial charge in [-0.05, 0) is 36.6 Å². The molecule has 0 aliphatic rings. The lowest BCUT2D eigenvalue weighted by molar-refractivity contribution is 0.102. The molecule has 3 aromatic rings. The summed E-state index contributed by atoms with van der Waals surface area (Å²) in [6.45, 7) is 4.15. The summed E-state index contributed by atoms with van der Waals surface area (Å²) in [6, 6.07) is 13.2. The van der Waals surface area contributed by atoms with E-state index in [9.17, 15) is 4.79 Å². The predicted molar refractivity (Wildman–Crippen MR) is 105 cm³/mol. The smallest absolute Gasteiger partial charge is 0.275 e. The molecule has 1 heterocycles. The Bertz CT molecular complexity index is 925. The second kappa shape index (κ2) is 7.97. The zero-order valence-corrected chi connectivity index (χ0v) is 15.3. The van der Waals surface area contributed by atoms with E-state index in [1.165, 1.54) is 11.8 Å². The van der Waals surface area contributed by atoms with Crippen LogP contribution in [0.3, 0.4) is 0 Å². The number of aromatic nitrogens is 2. The second-order valence-electron chi connectivity index (χ2n) is 5.81. The van der Waals surface area contributed by atoms with Crippen LogP contribution in [0, 0.1) is 6.92 Å². The van der Waals surface area contributed by atoms with Crippen LogP contribution < -0.4 is 10.6 Å². The van der Waals surface area contributed by atoms with Gasteiger partial charge in [-0.3, -0.25) is 4.79 Å². The summed E-state index contributed by atoms with van der Waals surface area (Å²) >= 11 is 6.05. The molecule has 1 amide bonds. The number of hydrogen-bond acceptors (Lipinski definition) is 4. The molecule has 0 atom stereocenters. The number of nitrogens with zero attached hydrogens (tertiary/aromatic N) is 2. The van der Waals surface area contributed by atoms with Gasteiger partial charge in [-0.2, -0.15) is 0 Å². The zero-order valence-electron chi connectivity index (χ0n) is 14.6. The van der Waals surface area contributed by atoms with Crippen molar-refractivity contribution >= 4 is 34.7 Å². The van der Waals surface area contributed by atoms with Gasteiger partial charge in [0, 0.05) is 5.69 Å². The summed E-state index contributed by atoms with van der Waals surface area (Å²) in [5.41, 5.74) is 4.11. The molecule has 6 heteroatoms. The number of aryl methyl sites for hydroxylation is 2. The SMILES string of the molecule is CCc1cccc(C)c1Nc1cnc(C(=O)Nc2ccccc2Cl)cn1. The van der Waals surface area contributed by atoms with Crippen LogP contribution in [0.1, 0.15) is 28.5 Å². The fourth-order valence-corrected chi connectivity index (χ4v) is 2.77. The first-order valence-corrected chi connectivity index (χ1v) is 8.69. The highest BCUT2D eigenvalue weighted by Gasteiger charge is 2.11. The zero-order chi connectivity index (χ0) is 18.5. The molecule has 2 aromatic carbocycles. The van der Waals surface area contributed by atoms with Crippen molar-refractivity contribution in [1.29, 1.82) is 0 Å². The summed E-state index contributed by atoms with van der Waals surface area (Å²) in [4.78, 5) is 20.8. The number of anilines is 3. The average molecular weight is 367 g/mol. The number of carbonyl (C=O) groups is 1. The van der Waals surface area contributed by atoms with Gasteiger partial charge in [0.15, 0.2) is 0 Å². The molecule has 5 nitrogen and oxygen atoms in total. The standard InChI is InChI=1S/C20H19ClN4O/c1-3-14-8-6-7-13(2)19(14)25-18-12-22-17(11-23-18)20(26)24-16-10-5-4-9-15(16)21/h4-12H,3H2,1-2H3,(H,23,25)(H,24,26). The first-order valence-electron chi connectivity index (χ1n) is 8.32. The van der Waals surface area contributed by atoms with Crippen molar-refractivity contribution in [3.8, 4) is 0 Å². The highest BCUT2D eigenvalue weighted by atomic mass is 35.5. The number of para-hydroxylation sites is 2. The summed E-state index contributed by atoms with van der Waals surface area (Å²) in [7, 11) is 0. The van der Waals surface area contributed by atoms with Crippen LogP contribution in [0.2, 0.25) is 5.02 Å². The maximum Gasteiger partial charge on any atom is 0.275 e. The van der Waals surface area contributed by atoms with E-state index in [-0.39, 0.29) is 11.6 Å². The molecule has 0 saturated heterocycles. The molecule has 0 fully saturated rings. The van der Waals surface area contributed by atoms with Crippen molar-refractivity contribution in [3.63, 3.8) is 0 Å². The monoisotopic (exact) mass is 366 g/mol. The summed E-state index contributed by atoms with van der Waals surface area (Å²) in [5.74, 6) is 0.227. The third-order valence-electron chi connectivity index (χ3n) is 4.00. The molecule has 0 spiro atoms. The predicted octanol–water partition coefficient (Wildman–Crippen LogP) is 5.00. The second-order valence-corrected chi connectivity index (χ2v) is 6.22. The summed E-state index contributed by atoms with van der Waals surface area (Å²) in [6.07, 6.45) is 3.90. The van der Waals surface area contributed by atoms with Gasteiger partial charge in [-0.15, -0.1) is 0 Å². The van der Waals surface area contributed by atoms with E-state index in [4.69, 9.17) is 11.6 Å². The van der Waals surface area contributed by atoms with E-state index in [1.54, 1.807) is 30.5 Å². The molecule has 2 N–H and O–H groups in total. The average Bonchev–Trinajstić information content (AvgIpc) is 2.65. The Balaban J connectivity index is 1.75. The van der Waals surface area contributed by atoms with Gasteiger partial charge in [-0.25, -0.2) is 9.97 Å². The summed E-state index contributed by atoms with van der Waals surface area (Å²) < 4.78 is 0. The Labute approximate surface area is 157 Å². The van der Waals surface area contributed by atoms with E-state index >= 15 is 0 Å². The van der Waals surface area contributed by atoms with Crippen LogP contribution >= 0.6 is 11.6 Å². The van der Waals surface area contributed by atoms with E-state index < -0.39 is 0 Å². The fraction of sp³-hybridized carbons (Fsp3) is 0.150. The number of halogens is 1. The van der Waals surface area contributed by atoms with Gasteiger partial charge in [-0.1, -0.05) is 48.9 Å². The Morgan fingerprint density at radius 1 is 1.08 bits per heavy atom.